The van der Waals surface area contributed by atoms with E-state index in [1.165, 1.54) is 0 Å². The molecule has 0 unspecified atom stereocenters. The number of hydrogen-bond donors (Lipinski definition) is 1. The predicted molar refractivity (Wildman–Crippen MR) is 108 cm³/mol. The first-order valence-corrected chi connectivity index (χ1v) is 11.7. The summed E-state index contributed by atoms with van der Waals surface area (Å²) >= 11 is 12.0. The number of amides is 2. The first-order valence-electron chi connectivity index (χ1n) is 9.20. The third-order valence-electron chi connectivity index (χ3n) is 5.21. The molecule has 2 amide bonds. The molecule has 0 aliphatic carbocycles. The minimum Gasteiger partial charge on any atom is -0.341 e. The molecule has 1 aromatic carbocycles. The van der Waals surface area contributed by atoms with Gasteiger partial charge in [0.1, 0.15) is 6.04 Å². The lowest BCUT2D eigenvalue weighted by Gasteiger charge is -2.36. The van der Waals surface area contributed by atoms with Crippen LogP contribution in [0.1, 0.15) is 36.0 Å². The van der Waals surface area contributed by atoms with Crippen molar-refractivity contribution in [3.63, 3.8) is 0 Å². The van der Waals surface area contributed by atoms with Crippen LogP contribution in [0.3, 0.4) is 0 Å². The molecule has 0 aromatic heterocycles. The zero-order chi connectivity index (χ0) is 20.5. The number of likely N-dealkylation sites (tertiary alicyclic amines) is 2. The lowest BCUT2D eigenvalue weighted by molar-refractivity contribution is -0.137. The molecule has 0 spiro atoms. The molecule has 3 rings (SSSR count). The number of sulfonamides is 1. The Morgan fingerprint density at radius 2 is 1.71 bits per heavy atom. The monoisotopic (exact) mass is 447 g/mol. The summed E-state index contributed by atoms with van der Waals surface area (Å²) < 4.78 is 22.8. The smallest absolute Gasteiger partial charge is 0.254 e. The van der Waals surface area contributed by atoms with Gasteiger partial charge in [-0.05, 0) is 49.8 Å². The Balaban J connectivity index is 1.73. The molecule has 2 saturated heterocycles. The molecule has 7 nitrogen and oxygen atoms in total. The second kappa shape index (κ2) is 8.57. The van der Waals surface area contributed by atoms with Crippen molar-refractivity contribution in [2.45, 2.75) is 31.7 Å². The molecule has 0 saturated carbocycles. The maximum Gasteiger partial charge on any atom is 0.254 e. The number of primary sulfonamides is 1. The molecular weight excluding hydrogens is 425 g/mol. The van der Waals surface area contributed by atoms with Crippen molar-refractivity contribution in [2.75, 3.05) is 25.4 Å². The van der Waals surface area contributed by atoms with Gasteiger partial charge >= 0.3 is 0 Å². The zero-order valence-corrected chi connectivity index (χ0v) is 17.6. The fourth-order valence-electron chi connectivity index (χ4n) is 4.05. The number of piperidine rings is 1. The van der Waals surface area contributed by atoms with Gasteiger partial charge in [0.25, 0.3) is 5.91 Å². The Kier molecular flexibility index (Phi) is 6.54. The van der Waals surface area contributed by atoms with Crippen LogP contribution in [0.15, 0.2) is 18.2 Å². The van der Waals surface area contributed by atoms with Crippen LogP contribution in [0.25, 0.3) is 0 Å². The van der Waals surface area contributed by atoms with Crippen LogP contribution in [0, 0.1) is 5.92 Å². The molecule has 2 atom stereocenters. The van der Waals surface area contributed by atoms with E-state index >= 15 is 0 Å². The summed E-state index contributed by atoms with van der Waals surface area (Å²) in [5, 5.41) is 5.88. The van der Waals surface area contributed by atoms with E-state index in [4.69, 9.17) is 28.3 Å². The summed E-state index contributed by atoms with van der Waals surface area (Å²) in [6.07, 6.45) is 2.74. The molecule has 2 aliphatic heterocycles. The van der Waals surface area contributed by atoms with E-state index in [2.05, 4.69) is 0 Å². The summed E-state index contributed by atoms with van der Waals surface area (Å²) in [6, 6.07) is 4.07. The summed E-state index contributed by atoms with van der Waals surface area (Å²) in [7, 11) is -3.59. The standard InChI is InChI=1S/C18H23Cl2N3O4S/c19-14-7-13(8-15(20)9-14)17(24)23-6-2-4-16(23)18(25)22-5-1-3-12(10-22)11-28(21,26)27/h7-9,12,16H,1-6,10-11H2,(H2,21,26,27)/t12-,16-/m0/s1. The first kappa shape index (κ1) is 21.4. The van der Waals surface area contributed by atoms with Gasteiger partial charge in [-0.25, -0.2) is 13.6 Å². The number of carbonyl (C=O) groups is 2. The molecule has 28 heavy (non-hydrogen) atoms. The van der Waals surface area contributed by atoms with Gasteiger partial charge < -0.3 is 9.80 Å². The fraction of sp³-hybridized carbons (Fsp3) is 0.556. The van der Waals surface area contributed by atoms with Crippen molar-refractivity contribution in [1.29, 1.82) is 0 Å². The van der Waals surface area contributed by atoms with E-state index in [1.807, 2.05) is 0 Å². The average Bonchev–Trinajstić information content (AvgIpc) is 3.08. The minimum absolute atomic E-state index is 0.134. The van der Waals surface area contributed by atoms with Crippen LogP contribution in [-0.2, 0) is 14.8 Å². The number of nitrogens with two attached hydrogens (primary N) is 1. The van der Waals surface area contributed by atoms with Crippen molar-refractivity contribution in [3.05, 3.63) is 33.8 Å². The summed E-state index contributed by atoms with van der Waals surface area (Å²) in [5.74, 6) is -0.730. The van der Waals surface area contributed by atoms with Crippen molar-refractivity contribution < 1.29 is 18.0 Å². The number of halogens is 2. The Hall–Kier alpha value is -1.35. The molecule has 154 valence electrons. The maximum absolute atomic E-state index is 13.1. The van der Waals surface area contributed by atoms with Gasteiger partial charge in [0.2, 0.25) is 15.9 Å². The normalized spacial score (nSPS) is 23.1. The number of rotatable bonds is 4. The third kappa shape index (κ3) is 5.17. The zero-order valence-electron chi connectivity index (χ0n) is 15.3. The van der Waals surface area contributed by atoms with Gasteiger partial charge in [-0.2, -0.15) is 0 Å². The first-order chi connectivity index (χ1) is 13.1. The lowest BCUT2D eigenvalue weighted by atomic mass is 9.99. The quantitative estimate of drug-likeness (QED) is 0.763. The SMILES string of the molecule is NS(=O)(=O)C[C@H]1CCCN(C(=O)[C@@H]2CCCN2C(=O)c2cc(Cl)cc(Cl)c2)C1. The molecule has 1 aromatic rings. The Morgan fingerprint density at radius 3 is 2.36 bits per heavy atom. The van der Waals surface area contributed by atoms with E-state index in [-0.39, 0.29) is 23.5 Å². The van der Waals surface area contributed by atoms with Crippen molar-refractivity contribution >= 4 is 45.0 Å². The van der Waals surface area contributed by atoms with E-state index in [1.54, 1.807) is 28.0 Å². The van der Waals surface area contributed by atoms with Gasteiger partial charge in [0.15, 0.2) is 0 Å². The second-order valence-corrected chi connectivity index (χ2v) is 9.97. The van der Waals surface area contributed by atoms with Crippen LogP contribution >= 0.6 is 23.2 Å². The molecular formula is C18H23Cl2N3O4S. The molecule has 10 heteroatoms. The Bertz CT molecular complexity index is 857. The highest BCUT2D eigenvalue weighted by molar-refractivity contribution is 7.89. The van der Waals surface area contributed by atoms with Crippen molar-refractivity contribution in [2.24, 2.45) is 11.1 Å². The summed E-state index contributed by atoms with van der Waals surface area (Å²) in [5.41, 5.74) is 0.350. The average molecular weight is 448 g/mol. The van der Waals surface area contributed by atoms with Crippen LogP contribution in [0.5, 0.6) is 0 Å². The second-order valence-electron chi connectivity index (χ2n) is 7.44. The summed E-state index contributed by atoms with van der Waals surface area (Å²) in [4.78, 5) is 29.3. The van der Waals surface area contributed by atoms with Crippen molar-refractivity contribution in [1.82, 2.24) is 9.80 Å². The van der Waals surface area contributed by atoms with E-state index in [0.717, 1.165) is 12.8 Å². The fourth-order valence-corrected chi connectivity index (χ4v) is 5.51. The van der Waals surface area contributed by atoms with Gasteiger partial charge in [-0.15, -0.1) is 0 Å². The number of carbonyl (C=O) groups excluding carboxylic acids is 2. The van der Waals surface area contributed by atoms with Crippen molar-refractivity contribution in [3.8, 4) is 0 Å². The highest BCUT2D eigenvalue weighted by Crippen LogP contribution is 2.27. The number of nitrogens with zero attached hydrogens (tertiary/aromatic N) is 2. The van der Waals surface area contributed by atoms with Gasteiger partial charge in [-0.3, -0.25) is 9.59 Å². The summed E-state index contributed by atoms with van der Waals surface area (Å²) in [6.45, 7) is 1.38. The maximum atomic E-state index is 13.1. The topological polar surface area (TPSA) is 101 Å². The van der Waals surface area contributed by atoms with E-state index < -0.39 is 16.1 Å². The van der Waals surface area contributed by atoms with E-state index in [0.29, 0.717) is 48.1 Å². The van der Waals surface area contributed by atoms with Gasteiger partial charge in [0.05, 0.1) is 5.75 Å². The van der Waals surface area contributed by atoms with E-state index in [9.17, 15) is 18.0 Å². The Morgan fingerprint density at radius 1 is 1.07 bits per heavy atom. The largest absolute Gasteiger partial charge is 0.341 e. The third-order valence-corrected chi connectivity index (χ3v) is 6.58. The van der Waals surface area contributed by atoms with Crippen LogP contribution < -0.4 is 5.14 Å². The molecule has 2 aliphatic rings. The van der Waals surface area contributed by atoms with Crippen LogP contribution in [0.4, 0.5) is 0 Å². The molecule has 0 radical (unpaired) electrons. The van der Waals surface area contributed by atoms with Gasteiger partial charge in [0, 0.05) is 35.2 Å². The van der Waals surface area contributed by atoms with Crippen LogP contribution in [0.2, 0.25) is 10.0 Å². The predicted octanol–water partition coefficient (Wildman–Crippen LogP) is 2.13. The highest BCUT2D eigenvalue weighted by atomic mass is 35.5. The lowest BCUT2D eigenvalue weighted by Crippen LogP contribution is -2.51. The number of benzene rings is 1. The van der Waals surface area contributed by atoms with Crippen LogP contribution in [-0.4, -0.2) is 61.5 Å². The molecule has 2 fully saturated rings. The van der Waals surface area contributed by atoms with Gasteiger partial charge in [-0.1, -0.05) is 23.2 Å². The Labute approximate surface area is 174 Å². The number of hydrogen-bond acceptors (Lipinski definition) is 4. The molecule has 0 bridgehead atoms. The minimum atomic E-state index is -3.59. The highest BCUT2D eigenvalue weighted by Gasteiger charge is 2.38. The molecule has 2 N–H and O–H groups in total. The molecule has 2 heterocycles.